The molecule has 0 aromatic carbocycles. The van der Waals surface area contributed by atoms with E-state index in [0.717, 1.165) is 19.6 Å². The first-order valence-electron chi connectivity index (χ1n) is 4.65. The van der Waals surface area contributed by atoms with Gasteiger partial charge in [0.2, 0.25) is 0 Å². The van der Waals surface area contributed by atoms with Crippen LogP contribution in [0.3, 0.4) is 0 Å². The van der Waals surface area contributed by atoms with Crippen LogP contribution in [-0.4, -0.2) is 56.5 Å². The second kappa shape index (κ2) is 4.90. The van der Waals surface area contributed by atoms with Crippen molar-refractivity contribution in [2.75, 3.05) is 39.5 Å². The van der Waals surface area contributed by atoms with E-state index in [1.807, 2.05) is 0 Å². The Labute approximate surface area is 102 Å². The van der Waals surface area contributed by atoms with E-state index in [4.69, 9.17) is 13.3 Å². The van der Waals surface area contributed by atoms with E-state index in [9.17, 15) is 0 Å². The SMILES string of the molecule is BrC(Br)[Si]12OCCN(CCO1)CCO2. The summed E-state index contributed by atoms with van der Waals surface area (Å²) in [6, 6.07) is 0. The van der Waals surface area contributed by atoms with Crippen LogP contribution < -0.4 is 0 Å². The second-order valence-corrected chi connectivity index (χ2v) is 10.7. The average Bonchev–Trinajstić information content (AvgIpc) is 1.99. The van der Waals surface area contributed by atoms with Crippen LogP contribution in [-0.2, 0) is 13.3 Å². The van der Waals surface area contributed by atoms with Crippen LogP contribution in [0.2, 0.25) is 0 Å². The molecular weight excluding hydrogens is 334 g/mol. The highest BCUT2D eigenvalue weighted by Gasteiger charge is 2.49. The molecule has 0 unspecified atom stereocenters. The molecule has 3 aliphatic heterocycles. The fourth-order valence-corrected chi connectivity index (χ4v) is 5.73. The van der Waals surface area contributed by atoms with Gasteiger partial charge in [-0.1, -0.05) is 31.9 Å². The minimum absolute atomic E-state index is 0.00727. The number of fused-ring (bicyclic) bond motifs is 6. The number of hydrogen-bond donors (Lipinski definition) is 0. The number of halogens is 2. The lowest BCUT2D eigenvalue weighted by Crippen LogP contribution is -2.58. The fourth-order valence-electron chi connectivity index (χ4n) is 1.60. The third kappa shape index (κ3) is 2.39. The predicted molar refractivity (Wildman–Crippen MR) is 61.7 cm³/mol. The summed E-state index contributed by atoms with van der Waals surface area (Å²) in [4.78, 5) is 2.30. The summed E-state index contributed by atoms with van der Waals surface area (Å²) in [5.41, 5.74) is 0. The van der Waals surface area contributed by atoms with E-state index in [-0.39, 0.29) is 3.36 Å². The lowest BCUT2D eigenvalue weighted by Gasteiger charge is -2.38. The lowest BCUT2D eigenvalue weighted by atomic mass is 10.4. The van der Waals surface area contributed by atoms with E-state index in [1.165, 1.54) is 0 Å². The Bertz CT molecular complexity index is 181. The molecule has 3 fully saturated rings. The molecule has 4 nitrogen and oxygen atoms in total. The van der Waals surface area contributed by atoms with Gasteiger partial charge in [0.05, 0.1) is 19.8 Å². The largest absolute Gasteiger partial charge is 0.526 e. The molecule has 0 N–H and O–H groups in total. The highest BCUT2D eigenvalue weighted by molar-refractivity contribution is 9.25. The van der Waals surface area contributed by atoms with Crippen molar-refractivity contribution in [1.29, 1.82) is 0 Å². The quantitative estimate of drug-likeness (QED) is 0.522. The van der Waals surface area contributed by atoms with Crippen LogP contribution in [0.4, 0.5) is 0 Å². The Kier molecular flexibility index (Phi) is 4.02. The van der Waals surface area contributed by atoms with E-state index >= 15 is 0 Å². The monoisotopic (exact) mass is 345 g/mol. The highest BCUT2D eigenvalue weighted by Crippen LogP contribution is 2.28. The lowest BCUT2D eigenvalue weighted by molar-refractivity contribution is -0.00536. The first kappa shape index (κ1) is 11.5. The molecule has 0 amide bonds. The molecule has 82 valence electrons. The van der Waals surface area contributed by atoms with Gasteiger partial charge in [-0.25, -0.2) is 0 Å². The topological polar surface area (TPSA) is 30.9 Å². The van der Waals surface area contributed by atoms with Gasteiger partial charge in [0, 0.05) is 19.6 Å². The smallest absolute Gasteiger partial charge is 0.371 e. The summed E-state index contributed by atoms with van der Waals surface area (Å²) in [6.07, 6.45) is 0. The van der Waals surface area contributed by atoms with Gasteiger partial charge >= 0.3 is 8.80 Å². The molecule has 3 saturated heterocycles. The van der Waals surface area contributed by atoms with Gasteiger partial charge in [0.1, 0.15) is 3.36 Å². The van der Waals surface area contributed by atoms with Gasteiger partial charge in [0.15, 0.2) is 0 Å². The van der Waals surface area contributed by atoms with Crippen LogP contribution in [0.25, 0.3) is 0 Å². The van der Waals surface area contributed by atoms with Crippen molar-refractivity contribution in [3.05, 3.63) is 0 Å². The molecule has 3 rings (SSSR count). The maximum absolute atomic E-state index is 5.76. The van der Waals surface area contributed by atoms with Crippen LogP contribution in [0, 0.1) is 0 Å². The molecule has 2 bridgehead atoms. The zero-order valence-corrected chi connectivity index (χ0v) is 11.9. The summed E-state index contributed by atoms with van der Waals surface area (Å²) >= 11 is 6.92. The molecule has 0 saturated carbocycles. The van der Waals surface area contributed by atoms with Crippen molar-refractivity contribution in [3.63, 3.8) is 0 Å². The van der Waals surface area contributed by atoms with E-state index in [1.54, 1.807) is 0 Å². The molecule has 0 atom stereocenters. The molecule has 0 aromatic heterocycles. The van der Waals surface area contributed by atoms with E-state index < -0.39 is 8.80 Å². The van der Waals surface area contributed by atoms with E-state index in [0.29, 0.717) is 19.8 Å². The van der Waals surface area contributed by atoms with Crippen molar-refractivity contribution < 1.29 is 13.3 Å². The summed E-state index contributed by atoms with van der Waals surface area (Å²) in [7, 11) is -2.50. The molecule has 0 aliphatic carbocycles. The molecule has 0 radical (unpaired) electrons. The number of rotatable bonds is 1. The summed E-state index contributed by atoms with van der Waals surface area (Å²) < 4.78 is 17.3. The third-order valence-electron chi connectivity index (χ3n) is 2.40. The highest BCUT2D eigenvalue weighted by atomic mass is 79.9. The first-order valence-corrected chi connectivity index (χ1v) is 8.29. The molecule has 0 spiro atoms. The van der Waals surface area contributed by atoms with Crippen LogP contribution in [0.15, 0.2) is 0 Å². The standard InChI is InChI=1S/C7H13Br2NO3Si/c8-7(9)14-11-4-1-10(2-5-12-14)3-6-13-14/h7H,1-6H2. The zero-order chi connectivity index (χ0) is 10.0. The Hall–Kier alpha value is 1.02. The maximum Gasteiger partial charge on any atom is 0.526 e. The maximum atomic E-state index is 5.76. The minimum Gasteiger partial charge on any atom is -0.371 e. The van der Waals surface area contributed by atoms with Crippen LogP contribution >= 0.6 is 31.9 Å². The van der Waals surface area contributed by atoms with Gasteiger partial charge in [-0.05, 0) is 0 Å². The van der Waals surface area contributed by atoms with Gasteiger partial charge in [0.25, 0.3) is 0 Å². The molecule has 0 aromatic rings. The minimum atomic E-state index is -2.50. The first-order chi connectivity index (χ1) is 6.73. The number of hydrogen-bond acceptors (Lipinski definition) is 4. The van der Waals surface area contributed by atoms with Gasteiger partial charge < -0.3 is 13.3 Å². The Balaban J connectivity index is 2.12. The Morgan fingerprint density at radius 1 is 0.929 bits per heavy atom. The van der Waals surface area contributed by atoms with Gasteiger partial charge in [-0.3, -0.25) is 4.90 Å². The van der Waals surface area contributed by atoms with Crippen molar-refractivity contribution in [1.82, 2.24) is 4.90 Å². The predicted octanol–water partition coefficient (Wildman–Crippen LogP) is 0.959. The van der Waals surface area contributed by atoms with Gasteiger partial charge in [-0.2, -0.15) is 0 Å². The Morgan fingerprint density at radius 2 is 1.36 bits per heavy atom. The Morgan fingerprint density at radius 3 is 1.71 bits per heavy atom. The molecule has 3 heterocycles. The second-order valence-electron chi connectivity index (χ2n) is 3.29. The molecular formula is C7H13Br2NO3Si. The number of nitrogens with zero attached hydrogens (tertiary/aromatic N) is 1. The summed E-state index contributed by atoms with van der Waals surface area (Å²) in [5.74, 6) is 0. The van der Waals surface area contributed by atoms with Crippen molar-refractivity contribution >= 4 is 40.7 Å². The number of alkyl halides is 2. The molecule has 3 aliphatic rings. The summed E-state index contributed by atoms with van der Waals surface area (Å²) in [5, 5.41) is 0. The fraction of sp³-hybridized carbons (Fsp3) is 1.00. The molecule has 14 heavy (non-hydrogen) atoms. The molecule has 7 heteroatoms. The van der Waals surface area contributed by atoms with E-state index in [2.05, 4.69) is 36.8 Å². The van der Waals surface area contributed by atoms with Crippen molar-refractivity contribution in [2.45, 2.75) is 3.36 Å². The van der Waals surface area contributed by atoms with Crippen molar-refractivity contribution in [3.8, 4) is 0 Å². The van der Waals surface area contributed by atoms with Gasteiger partial charge in [-0.15, -0.1) is 0 Å². The van der Waals surface area contributed by atoms with Crippen molar-refractivity contribution in [2.24, 2.45) is 0 Å². The summed E-state index contributed by atoms with van der Waals surface area (Å²) in [6.45, 7) is 5.02. The van der Waals surface area contributed by atoms with Crippen LogP contribution in [0.5, 0.6) is 0 Å². The average molecular weight is 347 g/mol. The zero-order valence-electron chi connectivity index (χ0n) is 7.75. The van der Waals surface area contributed by atoms with Crippen LogP contribution in [0.1, 0.15) is 0 Å². The normalized spacial score (nSPS) is 39.2. The third-order valence-corrected chi connectivity index (χ3v) is 8.12.